The van der Waals surface area contributed by atoms with Crippen molar-refractivity contribution in [1.29, 1.82) is 0 Å². The van der Waals surface area contributed by atoms with E-state index in [9.17, 15) is 4.79 Å². The maximum Gasteiger partial charge on any atom is 0.256 e. The molecule has 0 fully saturated rings. The molecule has 0 atom stereocenters. The van der Waals surface area contributed by atoms with Crippen molar-refractivity contribution in [3.05, 3.63) is 124 Å². The molecule has 0 radical (unpaired) electrons. The lowest BCUT2D eigenvalue weighted by molar-refractivity contribution is 0.102. The molecule has 1 heterocycles. The van der Waals surface area contributed by atoms with Crippen LogP contribution in [-0.4, -0.2) is 15.7 Å². The standard InChI is InChI=1S/C28H22BrN3O2/c29-25-10-3-4-11-26(25)34-19-20-12-14-22(15-13-20)28(33)30-27-16-17-32(31-27)18-23-8-5-7-21-6-1-2-9-24(21)23/h1-17H,18-19H2,(H,30,31,33). The summed E-state index contributed by atoms with van der Waals surface area (Å²) in [6.07, 6.45) is 1.87. The molecule has 0 spiro atoms. The first-order chi connectivity index (χ1) is 16.7. The largest absolute Gasteiger partial charge is 0.488 e. The number of halogens is 1. The predicted molar refractivity (Wildman–Crippen MR) is 138 cm³/mol. The summed E-state index contributed by atoms with van der Waals surface area (Å²) >= 11 is 3.48. The molecule has 0 saturated carbocycles. The van der Waals surface area contributed by atoms with E-state index in [-0.39, 0.29) is 5.91 Å². The molecule has 0 saturated heterocycles. The highest BCUT2D eigenvalue weighted by molar-refractivity contribution is 9.10. The Bertz CT molecular complexity index is 1440. The number of hydrogen-bond acceptors (Lipinski definition) is 3. The van der Waals surface area contributed by atoms with E-state index in [2.05, 4.69) is 56.7 Å². The fraction of sp³-hybridized carbons (Fsp3) is 0.0714. The molecule has 168 valence electrons. The Morgan fingerprint density at radius 3 is 2.50 bits per heavy atom. The van der Waals surface area contributed by atoms with Crippen molar-refractivity contribution in [3.63, 3.8) is 0 Å². The van der Waals surface area contributed by atoms with E-state index in [1.165, 1.54) is 16.3 Å². The van der Waals surface area contributed by atoms with Gasteiger partial charge in [-0.2, -0.15) is 5.10 Å². The van der Waals surface area contributed by atoms with Crippen LogP contribution in [-0.2, 0) is 13.2 Å². The lowest BCUT2D eigenvalue weighted by Crippen LogP contribution is -2.13. The van der Waals surface area contributed by atoms with E-state index >= 15 is 0 Å². The summed E-state index contributed by atoms with van der Waals surface area (Å²) in [5.74, 6) is 1.10. The zero-order chi connectivity index (χ0) is 23.3. The van der Waals surface area contributed by atoms with E-state index in [1.807, 2.05) is 65.5 Å². The summed E-state index contributed by atoms with van der Waals surface area (Å²) in [5, 5.41) is 9.81. The third kappa shape index (κ3) is 5.02. The van der Waals surface area contributed by atoms with Crippen molar-refractivity contribution in [1.82, 2.24) is 9.78 Å². The summed E-state index contributed by atoms with van der Waals surface area (Å²) < 4.78 is 8.58. The molecular formula is C28H22BrN3O2. The quantitative estimate of drug-likeness (QED) is 0.265. The first-order valence-electron chi connectivity index (χ1n) is 10.9. The summed E-state index contributed by atoms with van der Waals surface area (Å²) in [6.45, 7) is 1.05. The van der Waals surface area contributed by atoms with Gasteiger partial charge in [-0.25, -0.2) is 0 Å². The monoisotopic (exact) mass is 511 g/mol. The number of anilines is 1. The fourth-order valence-electron chi connectivity index (χ4n) is 3.79. The molecule has 4 aromatic carbocycles. The van der Waals surface area contributed by atoms with Gasteiger partial charge in [0, 0.05) is 17.8 Å². The normalized spacial score (nSPS) is 10.9. The first-order valence-corrected chi connectivity index (χ1v) is 11.7. The number of aromatic nitrogens is 2. The second-order valence-corrected chi connectivity index (χ2v) is 8.76. The minimum absolute atomic E-state index is 0.200. The van der Waals surface area contributed by atoms with Crippen LogP contribution in [0.15, 0.2) is 108 Å². The van der Waals surface area contributed by atoms with Gasteiger partial charge in [-0.3, -0.25) is 9.48 Å². The number of nitrogens with one attached hydrogen (secondary N) is 1. The maximum absolute atomic E-state index is 12.7. The number of ether oxygens (including phenoxy) is 1. The van der Waals surface area contributed by atoms with E-state index in [0.717, 1.165) is 15.8 Å². The molecule has 0 unspecified atom stereocenters. The van der Waals surface area contributed by atoms with Gasteiger partial charge in [-0.1, -0.05) is 66.7 Å². The fourth-order valence-corrected chi connectivity index (χ4v) is 4.18. The minimum atomic E-state index is -0.200. The minimum Gasteiger partial charge on any atom is -0.488 e. The highest BCUT2D eigenvalue weighted by Crippen LogP contribution is 2.25. The van der Waals surface area contributed by atoms with Gasteiger partial charge in [0.25, 0.3) is 5.91 Å². The van der Waals surface area contributed by atoms with Gasteiger partial charge in [0.2, 0.25) is 0 Å². The molecule has 0 aliphatic carbocycles. The van der Waals surface area contributed by atoms with Crippen molar-refractivity contribution in [2.75, 3.05) is 5.32 Å². The Labute approximate surface area is 206 Å². The third-order valence-electron chi connectivity index (χ3n) is 5.54. The van der Waals surface area contributed by atoms with E-state index < -0.39 is 0 Å². The van der Waals surface area contributed by atoms with Gasteiger partial charge >= 0.3 is 0 Å². The molecular weight excluding hydrogens is 490 g/mol. The topological polar surface area (TPSA) is 56.2 Å². The Kier molecular flexibility index (Phi) is 6.40. The average Bonchev–Trinajstić information content (AvgIpc) is 3.30. The Morgan fingerprint density at radius 1 is 0.882 bits per heavy atom. The van der Waals surface area contributed by atoms with Crippen LogP contribution in [0.3, 0.4) is 0 Å². The lowest BCUT2D eigenvalue weighted by Gasteiger charge is -2.09. The van der Waals surface area contributed by atoms with Crippen LogP contribution >= 0.6 is 15.9 Å². The second kappa shape index (κ2) is 9.93. The van der Waals surface area contributed by atoms with E-state index in [0.29, 0.717) is 24.5 Å². The number of fused-ring (bicyclic) bond motifs is 1. The number of nitrogens with zero attached hydrogens (tertiary/aromatic N) is 2. The maximum atomic E-state index is 12.7. The first kappa shape index (κ1) is 21.9. The summed E-state index contributed by atoms with van der Waals surface area (Å²) in [4.78, 5) is 12.7. The second-order valence-electron chi connectivity index (χ2n) is 7.91. The van der Waals surface area contributed by atoms with Crippen LogP contribution < -0.4 is 10.1 Å². The molecule has 5 nitrogen and oxygen atoms in total. The van der Waals surface area contributed by atoms with Crippen molar-refractivity contribution >= 4 is 38.4 Å². The summed E-state index contributed by atoms with van der Waals surface area (Å²) in [7, 11) is 0. The molecule has 0 bridgehead atoms. The summed E-state index contributed by atoms with van der Waals surface area (Å²) in [6, 6.07) is 31.4. The van der Waals surface area contributed by atoms with E-state index in [4.69, 9.17) is 4.74 Å². The molecule has 0 aliphatic rings. The molecule has 34 heavy (non-hydrogen) atoms. The van der Waals surface area contributed by atoms with Gasteiger partial charge in [0.15, 0.2) is 5.82 Å². The van der Waals surface area contributed by atoms with Gasteiger partial charge in [0.1, 0.15) is 12.4 Å². The van der Waals surface area contributed by atoms with Crippen LogP contribution in [0.2, 0.25) is 0 Å². The van der Waals surface area contributed by atoms with Crippen LogP contribution in [0.5, 0.6) is 5.75 Å². The molecule has 1 N–H and O–H groups in total. The van der Waals surface area contributed by atoms with Crippen molar-refractivity contribution < 1.29 is 9.53 Å². The Hall–Kier alpha value is -3.90. The number of rotatable bonds is 7. The van der Waals surface area contributed by atoms with Crippen LogP contribution in [0, 0.1) is 0 Å². The number of hydrogen-bond donors (Lipinski definition) is 1. The Balaban J connectivity index is 1.21. The number of para-hydroxylation sites is 1. The Morgan fingerprint density at radius 2 is 1.65 bits per heavy atom. The van der Waals surface area contributed by atoms with Crippen molar-refractivity contribution in [3.8, 4) is 5.75 Å². The summed E-state index contributed by atoms with van der Waals surface area (Å²) in [5.41, 5.74) is 2.72. The molecule has 1 amide bonds. The van der Waals surface area contributed by atoms with E-state index in [1.54, 1.807) is 12.1 Å². The SMILES string of the molecule is O=C(Nc1ccn(Cc2cccc3ccccc23)n1)c1ccc(COc2ccccc2Br)cc1. The molecule has 1 aromatic heterocycles. The van der Waals surface area contributed by atoms with Gasteiger partial charge in [0.05, 0.1) is 11.0 Å². The highest BCUT2D eigenvalue weighted by Gasteiger charge is 2.10. The van der Waals surface area contributed by atoms with Crippen LogP contribution in [0.1, 0.15) is 21.5 Å². The average molecular weight is 512 g/mol. The van der Waals surface area contributed by atoms with Crippen LogP contribution in [0.25, 0.3) is 10.8 Å². The number of carbonyl (C=O) groups is 1. The number of carbonyl (C=O) groups excluding carboxylic acids is 1. The third-order valence-corrected chi connectivity index (χ3v) is 6.20. The predicted octanol–water partition coefficient (Wildman–Crippen LogP) is 6.68. The van der Waals surface area contributed by atoms with Gasteiger partial charge in [-0.05, 0) is 62.1 Å². The zero-order valence-corrected chi connectivity index (χ0v) is 19.9. The molecule has 5 aromatic rings. The lowest BCUT2D eigenvalue weighted by atomic mass is 10.0. The van der Waals surface area contributed by atoms with Gasteiger partial charge < -0.3 is 10.1 Å². The van der Waals surface area contributed by atoms with Crippen molar-refractivity contribution in [2.45, 2.75) is 13.2 Å². The molecule has 6 heteroatoms. The highest BCUT2D eigenvalue weighted by atomic mass is 79.9. The number of amides is 1. The van der Waals surface area contributed by atoms with Crippen molar-refractivity contribution in [2.24, 2.45) is 0 Å². The van der Waals surface area contributed by atoms with Crippen LogP contribution in [0.4, 0.5) is 5.82 Å². The molecule has 0 aliphatic heterocycles. The smallest absolute Gasteiger partial charge is 0.256 e. The molecule has 5 rings (SSSR count). The number of benzene rings is 4. The van der Waals surface area contributed by atoms with Gasteiger partial charge in [-0.15, -0.1) is 0 Å². The zero-order valence-electron chi connectivity index (χ0n) is 18.3.